The van der Waals surface area contributed by atoms with Crippen LogP contribution >= 0.6 is 0 Å². The Bertz CT molecular complexity index is 545. The number of aliphatic hydroxyl groups is 1. The number of fused-ring (bicyclic) bond motifs is 1. The molecule has 2 aliphatic rings. The van der Waals surface area contributed by atoms with Crippen LogP contribution in [0.5, 0.6) is 0 Å². The molecule has 2 saturated carbocycles. The molecule has 7 atom stereocenters. The Hall–Kier alpha value is -1.35. The number of carboxylic acids is 1. The first-order valence-electron chi connectivity index (χ1n) is 9.79. The van der Waals surface area contributed by atoms with E-state index in [2.05, 4.69) is 39.8 Å². The molecule has 0 unspecified atom stereocenters. The van der Waals surface area contributed by atoms with Gasteiger partial charge in [0.1, 0.15) is 0 Å². The Balaban J connectivity index is 2.37. The third-order valence-corrected chi connectivity index (χ3v) is 6.41. The van der Waals surface area contributed by atoms with Gasteiger partial charge in [-0.15, -0.1) is 0 Å². The zero-order chi connectivity index (χ0) is 18.6. The summed E-state index contributed by atoms with van der Waals surface area (Å²) >= 11 is 0. The van der Waals surface area contributed by atoms with Crippen molar-refractivity contribution in [3.63, 3.8) is 0 Å². The second-order valence-corrected chi connectivity index (χ2v) is 8.12. The highest BCUT2D eigenvalue weighted by atomic mass is 16.4. The minimum absolute atomic E-state index is 0.189. The summed E-state index contributed by atoms with van der Waals surface area (Å²) in [6, 6.07) is 0. The molecule has 3 heteroatoms. The van der Waals surface area contributed by atoms with Gasteiger partial charge < -0.3 is 10.2 Å². The molecule has 0 spiro atoms. The van der Waals surface area contributed by atoms with E-state index in [9.17, 15) is 9.90 Å². The smallest absolute Gasteiger partial charge is 0.328 e. The number of rotatable bonds is 5. The summed E-state index contributed by atoms with van der Waals surface area (Å²) in [4.78, 5) is 10.7. The predicted octanol–water partition coefficient (Wildman–Crippen LogP) is 4.84. The Morgan fingerprint density at radius 2 is 1.88 bits per heavy atom. The van der Waals surface area contributed by atoms with Crippen LogP contribution in [0.25, 0.3) is 0 Å². The zero-order valence-corrected chi connectivity index (χ0v) is 16.1. The van der Waals surface area contributed by atoms with Gasteiger partial charge >= 0.3 is 5.97 Å². The van der Waals surface area contributed by atoms with Gasteiger partial charge in [-0.25, -0.2) is 4.79 Å². The van der Waals surface area contributed by atoms with E-state index in [1.807, 2.05) is 6.08 Å². The van der Waals surface area contributed by atoms with E-state index in [4.69, 9.17) is 5.11 Å². The largest absolute Gasteiger partial charge is 0.478 e. The number of hydrogen-bond acceptors (Lipinski definition) is 2. The molecule has 0 bridgehead atoms. The number of carboxylic acid groups (broad SMARTS) is 1. The summed E-state index contributed by atoms with van der Waals surface area (Å²) in [6.07, 6.45) is 13.2. The number of hydrogen-bond donors (Lipinski definition) is 2. The van der Waals surface area contributed by atoms with Crippen molar-refractivity contribution in [2.24, 2.45) is 35.5 Å². The Labute approximate surface area is 152 Å². The second-order valence-electron chi connectivity index (χ2n) is 8.12. The van der Waals surface area contributed by atoms with Crippen LogP contribution in [0, 0.1) is 35.5 Å². The summed E-state index contributed by atoms with van der Waals surface area (Å²) in [5.74, 6) is 1.88. The molecular weight excluding hydrogens is 312 g/mol. The maximum Gasteiger partial charge on any atom is 0.328 e. The third kappa shape index (κ3) is 4.63. The lowest BCUT2D eigenvalue weighted by molar-refractivity contribution is -0.131. The number of aliphatic hydroxyl groups excluding tert-OH is 1. The minimum Gasteiger partial charge on any atom is -0.478 e. The molecule has 0 amide bonds. The molecule has 25 heavy (non-hydrogen) atoms. The highest BCUT2D eigenvalue weighted by Crippen LogP contribution is 2.53. The second kappa shape index (κ2) is 8.84. The summed E-state index contributed by atoms with van der Waals surface area (Å²) < 4.78 is 0. The first-order valence-corrected chi connectivity index (χ1v) is 9.79. The maximum absolute atomic E-state index is 10.7. The molecule has 2 fully saturated rings. The van der Waals surface area contributed by atoms with Gasteiger partial charge in [0.2, 0.25) is 0 Å². The fourth-order valence-electron chi connectivity index (χ4n) is 5.48. The van der Waals surface area contributed by atoms with Crippen molar-refractivity contribution in [1.82, 2.24) is 0 Å². The van der Waals surface area contributed by atoms with Crippen molar-refractivity contribution in [3.05, 3.63) is 36.0 Å². The van der Waals surface area contributed by atoms with Crippen LogP contribution in [0.4, 0.5) is 0 Å². The molecule has 2 N–H and O–H groups in total. The van der Waals surface area contributed by atoms with Crippen LogP contribution in [-0.4, -0.2) is 22.3 Å². The Morgan fingerprint density at radius 1 is 1.16 bits per heavy atom. The van der Waals surface area contributed by atoms with Crippen molar-refractivity contribution < 1.29 is 15.0 Å². The first kappa shape index (κ1) is 20.0. The van der Waals surface area contributed by atoms with Crippen LogP contribution in [0.3, 0.4) is 0 Å². The van der Waals surface area contributed by atoms with E-state index < -0.39 is 5.97 Å². The summed E-state index contributed by atoms with van der Waals surface area (Å²) in [6.45, 7) is 9.05. The predicted molar refractivity (Wildman–Crippen MR) is 102 cm³/mol. The van der Waals surface area contributed by atoms with Crippen LogP contribution in [0.1, 0.15) is 53.4 Å². The monoisotopic (exact) mass is 346 g/mol. The molecule has 0 radical (unpaired) electrons. The molecule has 0 aliphatic heterocycles. The third-order valence-electron chi connectivity index (χ3n) is 6.41. The van der Waals surface area contributed by atoms with Gasteiger partial charge in [0, 0.05) is 6.08 Å². The molecule has 0 saturated heterocycles. The number of carbonyl (C=O) groups is 1. The van der Waals surface area contributed by atoms with Crippen LogP contribution in [0.15, 0.2) is 36.0 Å². The average molecular weight is 347 g/mol. The molecule has 3 nitrogen and oxygen atoms in total. The Kier molecular flexibility index (Phi) is 7.06. The topological polar surface area (TPSA) is 57.5 Å². The van der Waals surface area contributed by atoms with E-state index in [1.54, 1.807) is 6.08 Å². The van der Waals surface area contributed by atoms with E-state index in [0.717, 1.165) is 25.7 Å². The number of allylic oxidation sites excluding steroid dienone is 5. The molecule has 0 aromatic rings. The van der Waals surface area contributed by atoms with Gasteiger partial charge in [0.25, 0.3) is 0 Å². The zero-order valence-electron chi connectivity index (χ0n) is 16.1. The molecular formula is C22H34O3. The molecule has 0 aromatic carbocycles. The van der Waals surface area contributed by atoms with Crippen molar-refractivity contribution in [1.29, 1.82) is 0 Å². The van der Waals surface area contributed by atoms with Crippen molar-refractivity contribution >= 4 is 5.97 Å². The molecule has 140 valence electrons. The van der Waals surface area contributed by atoms with Gasteiger partial charge in [-0.05, 0) is 68.1 Å². The normalized spacial score (nSPS) is 39.7. The maximum atomic E-state index is 10.7. The number of aliphatic carboxylic acids is 1. The van der Waals surface area contributed by atoms with Gasteiger partial charge in [0.15, 0.2) is 0 Å². The van der Waals surface area contributed by atoms with Crippen molar-refractivity contribution in [2.75, 3.05) is 0 Å². The van der Waals surface area contributed by atoms with E-state index >= 15 is 0 Å². The SMILES string of the molecule is CCC=C(C)[C@H]1[C@@H](C=CC=CC(=O)O)[C@H]2[C@@H](C[C@@H]1C)[C@@H](O)CC[C@@H]2C. The summed E-state index contributed by atoms with van der Waals surface area (Å²) in [5, 5.41) is 19.4. The van der Waals surface area contributed by atoms with Crippen molar-refractivity contribution in [2.45, 2.75) is 59.5 Å². The highest BCUT2D eigenvalue weighted by molar-refractivity contribution is 5.80. The van der Waals surface area contributed by atoms with Crippen LogP contribution in [0.2, 0.25) is 0 Å². The van der Waals surface area contributed by atoms with Gasteiger partial charge in [-0.2, -0.15) is 0 Å². The molecule has 0 heterocycles. The lowest BCUT2D eigenvalue weighted by Crippen LogP contribution is -2.48. The highest BCUT2D eigenvalue weighted by Gasteiger charge is 2.48. The quantitative estimate of drug-likeness (QED) is 0.426. The fourth-order valence-corrected chi connectivity index (χ4v) is 5.48. The average Bonchev–Trinajstić information content (AvgIpc) is 2.54. The van der Waals surface area contributed by atoms with Crippen LogP contribution < -0.4 is 0 Å². The standard InChI is InChI=1S/C22H34O3/c1-5-8-14(2)21-16(4)13-18-19(23)12-11-15(3)22(18)17(21)9-6-7-10-20(24)25/h6-10,15-19,21-23H,5,11-13H2,1-4H3,(H,24,25)/t15-,16-,17+,18-,19-,21+,22-/m0/s1. The van der Waals surface area contributed by atoms with E-state index in [-0.39, 0.29) is 6.10 Å². The van der Waals surface area contributed by atoms with E-state index in [0.29, 0.717) is 35.5 Å². The molecule has 2 rings (SSSR count). The van der Waals surface area contributed by atoms with E-state index in [1.165, 1.54) is 11.6 Å². The fraction of sp³-hybridized carbons (Fsp3) is 0.682. The van der Waals surface area contributed by atoms with Crippen LogP contribution in [-0.2, 0) is 4.79 Å². The van der Waals surface area contributed by atoms with Gasteiger partial charge in [-0.1, -0.05) is 50.6 Å². The lowest BCUT2D eigenvalue weighted by Gasteiger charge is -2.52. The minimum atomic E-state index is -0.917. The lowest BCUT2D eigenvalue weighted by atomic mass is 9.53. The van der Waals surface area contributed by atoms with Gasteiger partial charge in [-0.3, -0.25) is 0 Å². The summed E-state index contributed by atoms with van der Waals surface area (Å²) in [7, 11) is 0. The summed E-state index contributed by atoms with van der Waals surface area (Å²) in [5.41, 5.74) is 1.44. The molecule has 0 aromatic heterocycles. The first-order chi connectivity index (χ1) is 11.9. The molecule has 2 aliphatic carbocycles. The Morgan fingerprint density at radius 3 is 2.52 bits per heavy atom. The van der Waals surface area contributed by atoms with Crippen molar-refractivity contribution in [3.8, 4) is 0 Å². The van der Waals surface area contributed by atoms with Gasteiger partial charge in [0.05, 0.1) is 6.10 Å².